The Balaban J connectivity index is 2.32. The van der Waals surface area contributed by atoms with Gasteiger partial charge in [-0.1, -0.05) is 11.6 Å². The molecule has 0 N–H and O–H groups in total. The highest BCUT2D eigenvalue weighted by atomic mass is 35.5. The average molecular weight is 222 g/mol. The van der Waals surface area contributed by atoms with Gasteiger partial charge in [-0.2, -0.15) is 0 Å². The van der Waals surface area contributed by atoms with E-state index in [4.69, 9.17) is 11.6 Å². The number of halogens is 1. The monoisotopic (exact) mass is 221 g/mol. The maximum Gasteiger partial charge on any atom is 0.223 e. The first kappa shape index (κ1) is 10.2. The van der Waals surface area contributed by atoms with Gasteiger partial charge in [-0.05, 0) is 42.1 Å². The van der Waals surface area contributed by atoms with E-state index in [0.29, 0.717) is 13.0 Å². The molecule has 2 nitrogen and oxygen atoms in total. The molecule has 0 aliphatic rings. The number of fused-ring (bicyclic) bond motifs is 1. The summed E-state index contributed by atoms with van der Waals surface area (Å²) in [5, 5.41) is 0.918. The Kier molecular flexibility index (Phi) is 2.78. The number of carbonyl (C=O) groups excluding carboxylic acids is 1. The molecule has 0 amide bonds. The Bertz CT molecular complexity index is 501. The van der Waals surface area contributed by atoms with Gasteiger partial charge < -0.3 is 4.57 Å². The number of hydrogen-bond donors (Lipinski definition) is 0. The van der Waals surface area contributed by atoms with Crippen LogP contribution >= 0.6 is 11.6 Å². The number of rotatable bonds is 3. The highest BCUT2D eigenvalue weighted by Crippen LogP contribution is 2.17. The average Bonchev–Trinajstić information content (AvgIpc) is 2.57. The van der Waals surface area contributed by atoms with Gasteiger partial charge in [0.15, 0.2) is 0 Å². The molecule has 0 fully saturated rings. The summed E-state index contributed by atoms with van der Waals surface area (Å²) in [6, 6.07) is 8.33. The predicted molar refractivity (Wildman–Crippen MR) is 62.2 cm³/mol. The van der Waals surface area contributed by atoms with E-state index in [2.05, 4.69) is 35.8 Å². The van der Waals surface area contributed by atoms with Crippen LogP contribution in [-0.4, -0.2) is 9.81 Å². The van der Waals surface area contributed by atoms with Crippen LogP contribution in [0.1, 0.15) is 12.0 Å². The van der Waals surface area contributed by atoms with E-state index in [-0.39, 0.29) is 5.24 Å². The fourth-order valence-corrected chi connectivity index (χ4v) is 1.81. The molecule has 0 bridgehead atoms. The van der Waals surface area contributed by atoms with Crippen molar-refractivity contribution in [3.63, 3.8) is 0 Å². The summed E-state index contributed by atoms with van der Waals surface area (Å²) in [4.78, 5) is 10.7. The van der Waals surface area contributed by atoms with Crippen LogP contribution in [0, 0.1) is 6.92 Å². The fraction of sp³-hybridized carbons (Fsp3) is 0.250. The van der Waals surface area contributed by atoms with Crippen molar-refractivity contribution in [2.75, 3.05) is 0 Å². The minimum atomic E-state index is -0.288. The second kappa shape index (κ2) is 4.07. The molecule has 0 radical (unpaired) electrons. The molecule has 0 spiro atoms. The molecule has 3 heteroatoms. The quantitative estimate of drug-likeness (QED) is 0.730. The molecule has 0 atom stereocenters. The van der Waals surface area contributed by atoms with Crippen molar-refractivity contribution < 1.29 is 4.79 Å². The molecular weight excluding hydrogens is 210 g/mol. The molecule has 1 heterocycles. The second-order valence-electron chi connectivity index (χ2n) is 3.68. The normalized spacial score (nSPS) is 10.8. The summed E-state index contributed by atoms with van der Waals surface area (Å²) in [5.74, 6) is 0. The van der Waals surface area contributed by atoms with Crippen LogP contribution in [0.2, 0.25) is 0 Å². The van der Waals surface area contributed by atoms with Gasteiger partial charge in [-0.3, -0.25) is 4.79 Å². The molecule has 0 aliphatic carbocycles. The van der Waals surface area contributed by atoms with Crippen LogP contribution in [0.25, 0.3) is 10.9 Å². The Morgan fingerprint density at radius 3 is 2.93 bits per heavy atom. The van der Waals surface area contributed by atoms with E-state index >= 15 is 0 Å². The number of nitrogens with zero attached hydrogens (tertiary/aromatic N) is 1. The van der Waals surface area contributed by atoms with E-state index in [1.807, 2.05) is 6.20 Å². The Morgan fingerprint density at radius 1 is 1.40 bits per heavy atom. The van der Waals surface area contributed by atoms with Crippen LogP contribution < -0.4 is 0 Å². The minimum Gasteiger partial charge on any atom is -0.347 e. The third-order valence-electron chi connectivity index (χ3n) is 2.48. The first-order valence-corrected chi connectivity index (χ1v) is 5.28. The highest BCUT2D eigenvalue weighted by molar-refractivity contribution is 6.63. The SMILES string of the molecule is Cc1ccc2c(ccn2CCC(=O)Cl)c1. The summed E-state index contributed by atoms with van der Waals surface area (Å²) < 4.78 is 2.05. The molecule has 0 saturated heterocycles. The van der Waals surface area contributed by atoms with E-state index in [1.54, 1.807) is 0 Å². The van der Waals surface area contributed by atoms with E-state index < -0.39 is 0 Å². The summed E-state index contributed by atoms with van der Waals surface area (Å²) in [6.07, 6.45) is 2.36. The molecule has 1 aromatic carbocycles. The van der Waals surface area contributed by atoms with Gasteiger partial charge >= 0.3 is 0 Å². The highest BCUT2D eigenvalue weighted by Gasteiger charge is 2.02. The minimum absolute atomic E-state index is 0.288. The number of aromatic nitrogens is 1. The molecule has 2 rings (SSSR count). The van der Waals surface area contributed by atoms with Crippen LogP contribution in [0.4, 0.5) is 0 Å². The predicted octanol–water partition coefficient (Wildman–Crippen LogP) is 3.11. The number of hydrogen-bond acceptors (Lipinski definition) is 1. The lowest BCUT2D eigenvalue weighted by Gasteiger charge is -2.03. The molecule has 0 saturated carbocycles. The zero-order chi connectivity index (χ0) is 10.8. The number of aryl methyl sites for hydroxylation is 2. The first-order chi connectivity index (χ1) is 7.16. The molecule has 1 aromatic heterocycles. The van der Waals surface area contributed by atoms with Crippen LogP contribution in [0.15, 0.2) is 30.5 Å². The van der Waals surface area contributed by atoms with Crippen molar-refractivity contribution in [3.8, 4) is 0 Å². The zero-order valence-electron chi connectivity index (χ0n) is 8.53. The van der Waals surface area contributed by atoms with E-state index in [9.17, 15) is 4.79 Å². The van der Waals surface area contributed by atoms with Crippen LogP contribution in [0.3, 0.4) is 0 Å². The lowest BCUT2D eigenvalue weighted by molar-refractivity contribution is -0.111. The number of carbonyl (C=O) groups is 1. The molecule has 0 unspecified atom stereocenters. The summed E-state index contributed by atoms with van der Waals surface area (Å²) in [7, 11) is 0. The third kappa shape index (κ3) is 2.21. The molecule has 15 heavy (non-hydrogen) atoms. The molecule has 0 aliphatic heterocycles. The van der Waals surface area contributed by atoms with Gasteiger partial charge in [-0.25, -0.2) is 0 Å². The topological polar surface area (TPSA) is 22.0 Å². The van der Waals surface area contributed by atoms with Crippen molar-refractivity contribution in [1.82, 2.24) is 4.57 Å². The first-order valence-electron chi connectivity index (χ1n) is 4.90. The second-order valence-corrected chi connectivity index (χ2v) is 4.10. The smallest absolute Gasteiger partial charge is 0.223 e. The Morgan fingerprint density at radius 2 is 2.20 bits per heavy atom. The maximum atomic E-state index is 10.7. The van der Waals surface area contributed by atoms with E-state index in [1.165, 1.54) is 10.9 Å². The lowest BCUT2D eigenvalue weighted by Crippen LogP contribution is -1.99. The van der Waals surface area contributed by atoms with Crippen molar-refractivity contribution in [2.24, 2.45) is 0 Å². The largest absolute Gasteiger partial charge is 0.347 e. The summed E-state index contributed by atoms with van der Waals surface area (Å²) >= 11 is 5.32. The molecular formula is C12H12ClNO. The summed E-state index contributed by atoms with van der Waals surface area (Å²) in [6.45, 7) is 2.72. The van der Waals surface area contributed by atoms with Crippen LogP contribution in [-0.2, 0) is 11.3 Å². The van der Waals surface area contributed by atoms with Gasteiger partial charge in [0, 0.05) is 24.7 Å². The van der Waals surface area contributed by atoms with Gasteiger partial charge in [0.25, 0.3) is 0 Å². The number of benzene rings is 1. The van der Waals surface area contributed by atoms with E-state index in [0.717, 1.165) is 5.52 Å². The van der Waals surface area contributed by atoms with Crippen molar-refractivity contribution >= 4 is 27.7 Å². The molecule has 78 valence electrons. The molecule has 2 aromatic rings. The zero-order valence-corrected chi connectivity index (χ0v) is 9.29. The Hall–Kier alpha value is -1.28. The van der Waals surface area contributed by atoms with Gasteiger partial charge in [0.1, 0.15) is 0 Å². The summed E-state index contributed by atoms with van der Waals surface area (Å²) in [5.41, 5.74) is 2.40. The lowest BCUT2D eigenvalue weighted by atomic mass is 10.2. The van der Waals surface area contributed by atoms with Crippen molar-refractivity contribution in [3.05, 3.63) is 36.0 Å². The van der Waals surface area contributed by atoms with Crippen molar-refractivity contribution in [1.29, 1.82) is 0 Å². The van der Waals surface area contributed by atoms with Gasteiger partial charge in [-0.15, -0.1) is 0 Å². The standard InChI is InChI=1S/C12H12ClNO/c1-9-2-3-11-10(8-9)4-6-14(11)7-5-12(13)15/h2-4,6,8H,5,7H2,1H3. The fourth-order valence-electron chi connectivity index (χ4n) is 1.72. The van der Waals surface area contributed by atoms with Crippen LogP contribution in [0.5, 0.6) is 0 Å². The van der Waals surface area contributed by atoms with Crippen molar-refractivity contribution in [2.45, 2.75) is 19.9 Å². The maximum absolute atomic E-state index is 10.7. The third-order valence-corrected chi connectivity index (χ3v) is 2.66. The Labute approximate surface area is 93.5 Å². The van der Waals surface area contributed by atoms with Gasteiger partial charge in [0.2, 0.25) is 5.24 Å². The van der Waals surface area contributed by atoms with Gasteiger partial charge in [0.05, 0.1) is 0 Å².